The first-order chi connectivity index (χ1) is 15.1. The first-order valence-electron chi connectivity index (χ1n) is 12.0. The number of carbonyl (C=O) groups is 1. The van der Waals surface area contributed by atoms with E-state index in [1.54, 1.807) is 0 Å². The Morgan fingerprint density at radius 3 is 2.42 bits per heavy atom. The van der Waals surface area contributed by atoms with Crippen LogP contribution >= 0.6 is 0 Å². The summed E-state index contributed by atoms with van der Waals surface area (Å²) in [7, 11) is 0. The molecule has 0 unspecified atom stereocenters. The van der Waals surface area contributed by atoms with Gasteiger partial charge < -0.3 is 14.7 Å². The Morgan fingerprint density at radius 1 is 1.10 bits per heavy atom. The van der Waals surface area contributed by atoms with Crippen LogP contribution in [0.15, 0.2) is 28.8 Å². The van der Waals surface area contributed by atoms with E-state index in [1.165, 1.54) is 44.1 Å². The van der Waals surface area contributed by atoms with E-state index in [0.717, 1.165) is 49.2 Å². The SMILES string of the molecule is Cc1cccc(-c2noc(C3CCN(C(=O)NC45CC6CC(CC(C6)C4)C5)CC3)n2)c1. The number of nitrogens with zero attached hydrogens (tertiary/aromatic N) is 3. The maximum atomic E-state index is 13.1. The molecule has 1 N–H and O–H groups in total. The first kappa shape index (κ1) is 19.3. The maximum Gasteiger partial charge on any atom is 0.317 e. The molecule has 5 fully saturated rings. The van der Waals surface area contributed by atoms with Crippen LogP contribution in [0.1, 0.15) is 68.7 Å². The smallest absolute Gasteiger partial charge is 0.317 e. The number of piperidine rings is 1. The fourth-order valence-corrected chi connectivity index (χ4v) is 7.20. The van der Waals surface area contributed by atoms with Gasteiger partial charge >= 0.3 is 6.03 Å². The zero-order valence-electron chi connectivity index (χ0n) is 18.3. The number of nitrogens with one attached hydrogen (secondary N) is 1. The highest BCUT2D eigenvalue weighted by Crippen LogP contribution is 2.55. The van der Waals surface area contributed by atoms with Crippen LogP contribution in [0.5, 0.6) is 0 Å². The van der Waals surface area contributed by atoms with E-state index >= 15 is 0 Å². The number of rotatable bonds is 3. The largest absolute Gasteiger partial charge is 0.339 e. The molecule has 1 aliphatic heterocycles. The van der Waals surface area contributed by atoms with Crippen molar-refractivity contribution >= 4 is 6.03 Å². The molecule has 7 rings (SSSR count). The topological polar surface area (TPSA) is 71.3 Å². The zero-order chi connectivity index (χ0) is 21.0. The fraction of sp³-hybridized carbons (Fsp3) is 0.640. The molecule has 6 nitrogen and oxygen atoms in total. The first-order valence-corrected chi connectivity index (χ1v) is 12.0. The minimum Gasteiger partial charge on any atom is -0.339 e. The van der Waals surface area contributed by atoms with Crippen molar-refractivity contribution < 1.29 is 9.32 Å². The molecule has 2 amide bonds. The lowest BCUT2D eigenvalue weighted by molar-refractivity contribution is -0.0160. The number of hydrogen-bond acceptors (Lipinski definition) is 4. The molecular weight excluding hydrogens is 388 g/mol. The molecule has 1 aromatic heterocycles. The van der Waals surface area contributed by atoms with Crippen molar-refractivity contribution in [3.05, 3.63) is 35.7 Å². The van der Waals surface area contributed by atoms with E-state index in [0.29, 0.717) is 11.7 Å². The number of amides is 2. The highest BCUT2D eigenvalue weighted by Gasteiger charge is 2.51. The van der Waals surface area contributed by atoms with Gasteiger partial charge in [-0.25, -0.2) is 4.79 Å². The van der Waals surface area contributed by atoms with Crippen molar-refractivity contribution in [2.24, 2.45) is 17.8 Å². The monoisotopic (exact) mass is 420 g/mol. The van der Waals surface area contributed by atoms with Crippen LogP contribution in [0.25, 0.3) is 11.4 Å². The molecule has 164 valence electrons. The van der Waals surface area contributed by atoms with Crippen LogP contribution < -0.4 is 5.32 Å². The molecule has 4 aliphatic carbocycles. The van der Waals surface area contributed by atoms with Crippen molar-refractivity contribution in [2.75, 3.05) is 13.1 Å². The van der Waals surface area contributed by atoms with E-state index in [2.05, 4.69) is 34.5 Å². The predicted octanol–water partition coefficient (Wildman–Crippen LogP) is 4.90. The van der Waals surface area contributed by atoms with E-state index in [9.17, 15) is 4.79 Å². The van der Waals surface area contributed by atoms with Gasteiger partial charge in [0, 0.05) is 30.1 Å². The van der Waals surface area contributed by atoms with Crippen molar-refractivity contribution in [1.82, 2.24) is 20.4 Å². The van der Waals surface area contributed by atoms with E-state index in [-0.39, 0.29) is 17.5 Å². The minimum atomic E-state index is 0.0812. The number of aryl methyl sites for hydroxylation is 1. The molecule has 2 aromatic rings. The molecule has 4 bridgehead atoms. The Labute approximate surface area is 183 Å². The number of hydrogen-bond donors (Lipinski definition) is 1. The second kappa shape index (κ2) is 7.35. The summed E-state index contributed by atoms with van der Waals surface area (Å²) in [5.74, 6) is 4.13. The number of likely N-dealkylation sites (tertiary alicyclic amines) is 1. The van der Waals surface area contributed by atoms with Gasteiger partial charge in [-0.05, 0) is 82.1 Å². The van der Waals surface area contributed by atoms with Gasteiger partial charge in [0.25, 0.3) is 0 Å². The van der Waals surface area contributed by atoms with Crippen LogP contribution in [-0.4, -0.2) is 39.7 Å². The maximum absolute atomic E-state index is 13.1. The summed E-state index contributed by atoms with van der Waals surface area (Å²) in [5, 5.41) is 7.72. The number of aromatic nitrogens is 2. The van der Waals surface area contributed by atoms with Gasteiger partial charge in [-0.15, -0.1) is 0 Å². The summed E-state index contributed by atoms with van der Waals surface area (Å²) in [4.78, 5) is 19.8. The lowest BCUT2D eigenvalue weighted by atomic mass is 9.53. The number of urea groups is 1. The highest BCUT2D eigenvalue weighted by molar-refractivity contribution is 5.75. The molecule has 31 heavy (non-hydrogen) atoms. The van der Waals surface area contributed by atoms with E-state index in [4.69, 9.17) is 4.52 Å². The van der Waals surface area contributed by atoms with Gasteiger partial charge in [-0.1, -0.05) is 28.9 Å². The van der Waals surface area contributed by atoms with Crippen molar-refractivity contribution in [3.63, 3.8) is 0 Å². The summed E-state index contributed by atoms with van der Waals surface area (Å²) in [5.41, 5.74) is 2.25. The molecule has 0 atom stereocenters. The van der Waals surface area contributed by atoms with Crippen molar-refractivity contribution in [1.29, 1.82) is 0 Å². The fourth-order valence-electron chi connectivity index (χ4n) is 7.20. The average Bonchev–Trinajstić information content (AvgIpc) is 3.23. The highest BCUT2D eigenvalue weighted by atomic mass is 16.5. The van der Waals surface area contributed by atoms with Crippen LogP contribution in [0.2, 0.25) is 0 Å². The standard InChI is InChI=1S/C25H32N4O2/c1-16-3-2-4-21(9-16)22-26-23(31-28-22)20-5-7-29(8-6-20)24(30)27-25-13-17-10-18(14-25)12-19(11-17)15-25/h2-4,9,17-20H,5-8,10-15H2,1H3,(H,27,30). The Balaban J connectivity index is 1.07. The molecule has 6 heteroatoms. The normalized spacial score (nSPS) is 32.4. The molecule has 2 heterocycles. The van der Waals surface area contributed by atoms with Gasteiger partial charge in [0.15, 0.2) is 0 Å². The molecule has 0 spiro atoms. The minimum absolute atomic E-state index is 0.0812. The zero-order valence-corrected chi connectivity index (χ0v) is 18.3. The second-order valence-electron chi connectivity index (χ2n) is 10.7. The third kappa shape index (κ3) is 3.64. The second-order valence-corrected chi connectivity index (χ2v) is 10.7. The molecule has 5 aliphatic rings. The molecule has 4 saturated carbocycles. The number of benzene rings is 1. The van der Waals surface area contributed by atoms with Crippen LogP contribution in [-0.2, 0) is 0 Å². The summed E-state index contributed by atoms with van der Waals surface area (Å²) in [6.07, 6.45) is 9.55. The summed E-state index contributed by atoms with van der Waals surface area (Å²) in [6, 6.07) is 8.31. The Morgan fingerprint density at radius 2 is 1.77 bits per heavy atom. The molecule has 1 saturated heterocycles. The average molecular weight is 421 g/mol. The summed E-state index contributed by atoms with van der Waals surface area (Å²) in [6.45, 7) is 3.57. The van der Waals surface area contributed by atoms with Crippen molar-refractivity contribution in [3.8, 4) is 11.4 Å². The predicted molar refractivity (Wildman–Crippen MR) is 117 cm³/mol. The van der Waals surface area contributed by atoms with Crippen LogP contribution in [0, 0.1) is 24.7 Å². The molecule has 0 radical (unpaired) electrons. The third-order valence-electron chi connectivity index (χ3n) is 8.26. The summed E-state index contributed by atoms with van der Waals surface area (Å²) >= 11 is 0. The number of carbonyl (C=O) groups excluding carboxylic acids is 1. The van der Waals surface area contributed by atoms with Crippen LogP contribution in [0.3, 0.4) is 0 Å². The van der Waals surface area contributed by atoms with E-state index in [1.807, 2.05) is 17.0 Å². The van der Waals surface area contributed by atoms with Crippen molar-refractivity contribution in [2.45, 2.75) is 69.7 Å². The quantitative estimate of drug-likeness (QED) is 0.766. The molecular formula is C25H32N4O2. The molecule has 1 aromatic carbocycles. The Kier molecular flexibility index (Phi) is 4.58. The van der Waals surface area contributed by atoms with Gasteiger partial charge in [0.2, 0.25) is 11.7 Å². The van der Waals surface area contributed by atoms with Gasteiger partial charge in [-0.2, -0.15) is 4.98 Å². The van der Waals surface area contributed by atoms with Gasteiger partial charge in [0.1, 0.15) is 0 Å². The Hall–Kier alpha value is -2.37. The lowest BCUT2D eigenvalue weighted by Gasteiger charge is -2.57. The van der Waals surface area contributed by atoms with Gasteiger partial charge in [0.05, 0.1) is 0 Å². The Bertz CT molecular complexity index is 940. The van der Waals surface area contributed by atoms with Gasteiger partial charge in [-0.3, -0.25) is 0 Å². The van der Waals surface area contributed by atoms with Crippen LogP contribution in [0.4, 0.5) is 4.79 Å². The van der Waals surface area contributed by atoms with E-state index < -0.39 is 0 Å². The third-order valence-corrected chi connectivity index (χ3v) is 8.26. The summed E-state index contributed by atoms with van der Waals surface area (Å²) < 4.78 is 5.60. The lowest BCUT2D eigenvalue weighted by Crippen LogP contribution is -2.62.